The van der Waals surface area contributed by atoms with Crippen LogP contribution in [0.4, 0.5) is 15.8 Å². The van der Waals surface area contributed by atoms with E-state index in [4.69, 9.17) is 6.42 Å². The predicted octanol–water partition coefficient (Wildman–Crippen LogP) is 4.70. The molecule has 1 atom stereocenters. The van der Waals surface area contributed by atoms with Crippen LogP contribution in [0.25, 0.3) is 16.3 Å². The molecule has 3 aromatic rings. The molecule has 1 aromatic carbocycles. The van der Waals surface area contributed by atoms with Crippen molar-refractivity contribution in [1.29, 1.82) is 0 Å². The minimum absolute atomic E-state index is 0.388. The van der Waals surface area contributed by atoms with Crippen molar-refractivity contribution in [2.75, 3.05) is 10.2 Å². The average Bonchev–Trinajstić information content (AvgIpc) is 3.14. The monoisotopic (exact) mass is 404 g/mol. The highest BCUT2D eigenvalue weighted by atomic mass is 32.1. The van der Waals surface area contributed by atoms with E-state index in [9.17, 15) is 9.18 Å². The van der Waals surface area contributed by atoms with Crippen LogP contribution < -0.4 is 10.2 Å². The van der Waals surface area contributed by atoms with E-state index in [0.29, 0.717) is 12.1 Å². The Hall–Kier alpha value is -3.76. The van der Waals surface area contributed by atoms with Crippen molar-refractivity contribution in [1.82, 2.24) is 4.98 Å². The van der Waals surface area contributed by atoms with Gasteiger partial charge < -0.3 is 5.32 Å². The normalized spacial score (nSPS) is 12.1. The standard InChI is InChI=1S/C22H17FN4OS/c1-3-21(27(15-28)18-10-7-16(23)8-11-18)26-20-14-29-22-19(20)12-9-17(25-22)6-4-5-13-24-2/h1,4-15,21,26H,2H2/b6-4+,13-5-. The lowest BCUT2D eigenvalue weighted by atomic mass is 10.2. The van der Waals surface area contributed by atoms with Crippen LogP contribution in [-0.4, -0.2) is 24.3 Å². The number of hydrogen-bond acceptors (Lipinski definition) is 5. The Morgan fingerprint density at radius 2 is 2.07 bits per heavy atom. The number of halogens is 1. The molecule has 0 saturated heterocycles. The molecule has 29 heavy (non-hydrogen) atoms. The number of fused-ring (bicyclic) bond motifs is 1. The lowest BCUT2D eigenvalue weighted by Crippen LogP contribution is -2.39. The highest BCUT2D eigenvalue weighted by Gasteiger charge is 2.18. The number of aliphatic imine (C=N–C) groups is 1. The van der Waals surface area contributed by atoms with Crippen LogP contribution in [0.15, 0.2) is 65.1 Å². The molecule has 2 heterocycles. The zero-order valence-corrected chi connectivity index (χ0v) is 16.1. The third kappa shape index (κ3) is 4.75. The maximum absolute atomic E-state index is 13.2. The Morgan fingerprint density at radius 3 is 2.76 bits per heavy atom. The van der Waals surface area contributed by atoms with Crippen LogP contribution in [0, 0.1) is 18.2 Å². The number of aromatic nitrogens is 1. The number of benzene rings is 1. The molecule has 1 unspecified atom stereocenters. The van der Waals surface area contributed by atoms with E-state index in [2.05, 4.69) is 27.9 Å². The van der Waals surface area contributed by atoms with Gasteiger partial charge in [-0.3, -0.25) is 14.7 Å². The SMILES string of the molecule is C#CC(Nc1csc2nc(/C=C/C=C\N=C)ccc12)N(C=O)c1ccc(F)cc1. The molecule has 0 aliphatic rings. The largest absolute Gasteiger partial charge is 0.354 e. The zero-order chi connectivity index (χ0) is 20.6. The predicted molar refractivity (Wildman–Crippen MR) is 119 cm³/mol. The Balaban J connectivity index is 1.84. The lowest BCUT2D eigenvalue weighted by Gasteiger charge is -2.25. The van der Waals surface area contributed by atoms with Gasteiger partial charge in [-0.05, 0) is 55.3 Å². The first-order valence-corrected chi connectivity index (χ1v) is 9.43. The van der Waals surface area contributed by atoms with Crippen molar-refractivity contribution in [2.45, 2.75) is 6.17 Å². The van der Waals surface area contributed by atoms with Gasteiger partial charge in [-0.2, -0.15) is 0 Å². The summed E-state index contributed by atoms with van der Waals surface area (Å²) in [6.07, 6.45) is 12.6. The van der Waals surface area contributed by atoms with Gasteiger partial charge in [0, 0.05) is 22.7 Å². The van der Waals surface area contributed by atoms with Gasteiger partial charge in [0.1, 0.15) is 10.6 Å². The summed E-state index contributed by atoms with van der Waals surface area (Å²) >= 11 is 1.46. The molecule has 0 bridgehead atoms. The number of thiophene rings is 1. The van der Waals surface area contributed by atoms with E-state index in [-0.39, 0.29) is 5.82 Å². The van der Waals surface area contributed by atoms with Crippen LogP contribution in [0.3, 0.4) is 0 Å². The van der Waals surface area contributed by atoms with Crippen LogP contribution in [0.1, 0.15) is 5.69 Å². The van der Waals surface area contributed by atoms with E-state index in [1.165, 1.54) is 40.5 Å². The summed E-state index contributed by atoms with van der Waals surface area (Å²) in [7, 11) is 0. The number of carbonyl (C=O) groups excluding carboxylic acids is 1. The number of nitrogens with one attached hydrogen (secondary N) is 1. The van der Waals surface area contributed by atoms with Gasteiger partial charge in [-0.15, -0.1) is 17.8 Å². The lowest BCUT2D eigenvalue weighted by molar-refractivity contribution is -0.107. The third-order valence-corrected chi connectivity index (χ3v) is 4.88. The fourth-order valence-corrected chi connectivity index (χ4v) is 3.51. The summed E-state index contributed by atoms with van der Waals surface area (Å²) in [6, 6.07) is 9.37. The fraction of sp³-hybridized carbons (Fsp3) is 0.0455. The second kappa shape index (κ2) is 9.44. The molecule has 0 saturated carbocycles. The van der Waals surface area contributed by atoms with Crippen LogP contribution in [0.2, 0.25) is 0 Å². The molecule has 144 valence electrons. The maximum atomic E-state index is 13.2. The van der Waals surface area contributed by atoms with Gasteiger partial charge >= 0.3 is 0 Å². The Kier molecular flexibility index (Phi) is 6.51. The molecule has 0 spiro atoms. The van der Waals surface area contributed by atoms with Gasteiger partial charge in [0.15, 0.2) is 6.17 Å². The van der Waals surface area contributed by atoms with Crippen molar-refractivity contribution >= 4 is 52.1 Å². The van der Waals surface area contributed by atoms with E-state index >= 15 is 0 Å². The maximum Gasteiger partial charge on any atom is 0.216 e. The van der Waals surface area contributed by atoms with E-state index < -0.39 is 6.17 Å². The highest BCUT2D eigenvalue weighted by molar-refractivity contribution is 7.17. The molecule has 0 aliphatic carbocycles. The minimum atomic E-state index is -0.744. The molecule has 5 nitrogen and oxygen atoms in total. The van der Waals surface area contributed by atoms with E-state index in [1.54, 1.807) is 12.3 Å². The van der Waals surface area contributed by atoms with Crippen molar-refractivity contribution in [3.63, 3.8) is 0 Å². The smallest absolute Gasteiger partial charge is 0.216 e. The summed E-state index contributed by atoms with van der Waals surface area (Å²) in [5.41, 5.74) is 2.05. The number of nitrogens with zero attached hydrogens (tertiary/aromatic N) is 3. The van der Waals surface area contributed by atoms with E-state index in [0.717, 1.165) is 21.6 Å². The van der Waals surface area contributed by atoms with Crippen LogP contribution in [-0.2, 0) is 4.79 Å². The van der Waals surface area contributed by atoms with Crippen molar-refractivity contribution in [3.8, 4) is 12.3 Å². The number of terminal acetylenes is 1. The van der Waals surface area contributed by atoms with Crippen LogP contribution in [0.5, 0.6) is 0 Å². The number of carbonyl (C=O) groups is 1. The van der Waals surface area contributed by atoms with Gasteiger partial charge in [0.25, 0.3) is 0 Å². The molecular formula is C22H17FN4OS. The molecule has 3 rings (SSSR count). The number of allylic oxidation sites excluding steroid dienone is 2. The highest BCUT2D eigenvalue weighted by Crippen LogP contribution is 2.30. The molecule has 1 N–H and O–H groups in total. The molecule has 1 amide bonds. The molecule has 2 aromatic heterocycles. The average molecular weight is 404 g/mol. The third-order valence-electron chi connectivity index (χ3n) is 4.00. The fourth-order valence-electron chi connectivity index (χ4n) is 2.62. The zero-order valence-electron chi connectivity index (χ0n) is 15.3. The summed E-state index contributed by atoms with van der Waals surface area (Å²) in [4.78, 5) is 22.0. The number of hydrogen-bond donors (Lipinski definition) is 1. The van der Waals surface area contributed by atoms with Gasteiger partial charge in [0.2, 0.25) is 6.41 Å². The number of amides is 1. The number of anilines is 2. The van der Waals surface area contributed by atoms with Crippen molar-refractivity contribution in [2.24, 2.45) is 4.99 Å². The molecular weight excluding hydrogens is 387 g/mol. The Morgan fingerprint density at radius 1 is 1.28 bits per heavy atom. The van der Waals surface area contributed by atoms with Gasteiger partial charge in [-0.1, -0.05) is 12.0 Å². The summed E-state index contributed by atoms with van der Waals surface area (Å²) < 4.78 is 13.2. The quantitative estimate of drug-likeness (QED) is 0.195. The summed E-state index contributed by atoms with van der Waals surface area (Å²) in [5.74, 6) is 2.17. The van der Waals surface area contributed by atoms with Crippen molar-refractivity contribution < 1.29 is 9.18 Å². The Bertz CT molecular complexity index is 1110. The molecule has 0 radical (unpaired) electrons. The first-order chi connectivity index (χ1) is 14.2. The first-order valence-electron chi connectivity index (χ1n) is 8.55. The first kappa shape index (κ1) is 20.0. The van der Waals surface area contributed by atoms with Gasteiger partial charge in [0.05, 0.1) is 11.4 Å². The summed E-state index contributed by atoms with van der Waals surface area (Å²) in [5, 5.41) is 5.96. The van der Waals surface area contributed by atoms with Crippen molar-refractivity contribution in [3.05, 3.63) is 71.6 Å². The molecule has 0 fully saturated rings. The number of pyridine rings is 1. The topological polar surface area (TPSA) is 57.6 Å². The van der Waals surface area contributed by atoms with E-state index in [1.807, 2.05) is 29.7 Å². The van der Waals surface area contributed by atoms with Crippen LogP contribution >= 0.6 is 11.3 Å². The van der Waals surface area contributed by atoms with Gasteiger partial charge in [-0.25, -0.2) is 9.37 Å². The Labute approximate surface area is 171 Å². The molecule has 7 heteroatoms. The minimum Gasteiger partial charge on any atom is -0.354 e. The second-order valence-electron chi connectivity index (χ2n) is 5.82. The summed E-state index contributed by atoms with van der Waals surface area (Å²) in [6.45, 7) is 3.37. The molecule has 0 aliphatic heterocycles. The number of rotatable bonds is 8. The second-order valence-corrected chi connectivity index (χ2v) is 6.68.